The molecule has 0 aliphatic carbocycles. The van der Waals surface area contributed by atoms with E-state index in [1.807, 2.05) is 71.1 Å². The fourth-order valence-corrected chi connectivity index (χ4v) is 3.58. The molecule has 7 heteroatoms. The largest absolute Gasteiger partial charge is 0.242 e. The minimum Gasteiger partial charge on any atom is -0.242 e. The molecule has 3 aromatic rings. The maximum atomic E-state index is 12.6. The number of aryl methyl sites for hydroxylation is 1. The van der Waals surface area contributed by atoms with E-state index in [2.05, 4.69) is 9.82 Å². The zero-order chi connectivity index (χ0) is 19.1. The minimum atomic E-state index is -1.20. The van der Waals surface area contributed by atoms with Gasteiger partial charge in [0.05, 0.1) is 27.1 Å². The van der Waals surface area contributed by atoms with Gasteiger partial charge in [-0.25, -0.2) is 18.4 Å². The Morgan fingerprint density at radius 1 is 1.23 bits per heavy atom. The Morgan fingerprint density at radius 3 is 2.50 bits per heavy atom. The number of nitrogens with zero attached hydrogens (tertiary/aromatic N) is 3. The molecule has 0 unspecified atom stereocenters. The molecule has 2 atom stereocenters. The van der Waals surface area contributed by atoms with E-state index in [0.29, 0.717) is 10.7 Å². The number of aromatic nitrogens is 3. The summed E-state index contributed by atoms with van der Waals surface area (Å²) < 4.78 is 17.1. The number of hydrogen-bond acceptors (Lipinski definition) is 3. The number of nitrogens with one attached hydrogen (secondary N) is 1. The van der Waals surface area contributed by atoms with Crippen molar-refractivity contribution in [2.75, 3.05) is 0 Å². The number of fused-ring (bicyclic) bond motifs is 1. The van der Waals surface area contributed by atoms with Crippen LogP contribution >= 0.6 is 11.6 Å². The molecule has 0 saturated carbocycles. The van der Waals surface area contributed by atoms with Crippen LogP contribution < -0.4 is 4.72 Å². The van der Waals surface area contributed by atoms with Gasteiger partial charge in [0.15, 0.2) is 5.65 Å². The first-order valence-corrected chi connectivity index (χ1v) is 10.00. The van der Waals surface area contributed by atoms with Gasteiger partial charge in [-0.1, -0.05) is 41.9 Å². The quantitative estimate of drug-likeness (QED) is 0.714. The zero-order valence-electron chi connectivity index (χ0n) is 15.6. The lowest BCUT2D eigenvalue weighted by Crippen LogP contribution is -2.35. The molecule has 0 fully saturated rings. The zero-order valence-corrected chi connectivity index (χ0v) is 17.1. The lowest BCUT2D eigenvalue weighted by Gasteiger charge is -2.23. The van der Waals surface area contributed by atoms with Gasteiger partial charge in [0.25, 0.3) is 0 Å². The first-order valence-electron chi connectivity index (χ1n) is 8.47. The first-order chi connectivity index (χ1) is 12.2. The summed E-state index contributed by atoms with van der Waals surface area (Å²) in [5.41, 5.74) is 4.06. The van der Waals surface area contributed by atoms with Crippen LogP contribution in [0.4, 0.5) is 0 Å². The third-order valence-corrected chi connectivity index (χ3v) is 6.22. The van der Waals surface area contributed by atoms with E-state index in [-0.39, 0.29) is 10.8 Å². The van der Waals surface area contributed by atoms with Crippen LogP contribution in [-0.4, -0.2) is 23.6 Å². The minimum absolute atomic E-state index is 0.176. The van der Waals surface area contributed by atoms with Crippen LogP contribution in [0.15, 0.2) is 36.5 Å². The third kappa shape index (κ3) is 3.68. The van der Waals surface area contributed by atoms with E-state index >= 15 is 0 Å². The van der Waals surface area contributed by atoms with E-state index in [1.165, 1.54) is 0 Å². The Kier molecular flexibility index (Phi) is 5.19. The number of rotatable bonds is 4. The van der Waals surface area contributed by atoms with Gasteiger partial charge in [-0.3, -0.25) is 0 Å². The van der Waals surface area contributed by atoms with Gasteiger partial charge in [-0.15, -0.1) is 0 Å². The Morgan fingerprint density at radius 2 is 1.88 bits per heavy atom. The molecule has 1 aromatic carbocycles. The molecule has 0 amide bonds. The number of halogens is 1. The summed E-state index contributed by atoms with van der Waals surface area (Å²) in [7, 11) is -1.20. The van der Waals surface area contributed by atoms with Gasteiger partial charge in [-0.05, 0) is 34.6 Å². The third-order valence-electron chi connectivity index (χ3n) is 4.09. The van der Waals surface area contributed by atoms with Gasteiger partial charge in [0.1, 0.15) is 5.02 Å². The number of benzene rings is 1. The molecule has 2 heterocycles. The summed E-state index contributed by atoms with van der Waals surface area (Å²) in [4.78, 5) is 4.79. The summed E-state index contributed by atoms with van der Waals surface area (Å²) in [5, 5.41) is 4.99. The van der Waals surface area contributed by atoms with E-state index in [0.717, 1.165) is 22.5 Å². The van der Waals surface area contributed by atoms with Crippen molar-refractivity contribution in [2.24, 2.45) is 0 Å². The Bertz CT molecular complexity index is 963. The average molecular weight is 391 g/mol. The van der Waals surface area contributed by atoms with Crippen molar-refractivity contribution < 1.29 is 4.21 Å². The van der Waals surface area contributed by atoms with Gasteiger partial charge in [-0.2, -0.15) is 5.10 Å². The molecule has 5 nitrogen and oxygen atoms in total. The van der Waals surface area contributed by atoms with Crippen molar-refractivity contribution in [1.82, 2.24) is 19.3 Å². The Labute approximate surface area is 161 Å². The highest BCUT2D eigenvalue weighted by atomic mass is 35.5. The number of hydrogen-bond donors (Lipinski definition) is 1. The van der Waals surface area contributed by atoms with Crippen LogP contribution in [0.2, 0.25) is 5.02 Å². The molecule has 0 aliphatic heterocycles. The monoisotopic (exact) mass is 390 g/mol. The predicted octanol–water partition coefficient (Wildman–Crippen LogP) is 4.47. The van der Waals surface area contributed by atoms with Crippen molar-refractivity contribution in [3.8, 4) is 11.3 Å². The molecule has 2 aromatic heterocycles. The van der Waals surface area contributed by atoms with Crippen molar-refractivity contribution in [1.29, 1.82) is 0 Å². The lowest BCUT2D eigenvalue weighted by atomic mass is 10.0. The molecule has 0 radical (unpaired) electrons. The van der Waals surface area contributed by atoms with Gasteiger partial charge >= 0.3 is 0 Å². The summed E-state index contributed by atoms with van der Waals surface area (Å²) in [6, 6.07) is 9.75. The van der Waals surface area contributed by atoms with Crippen molar-refractivity contribution in [3.63, 3.8) is 0 Å². The second-order valence-corrected chi connectivity index (χ2v) is 9.67. The Balaban J connectivity index is 2.14. The highest BCUT2D eigenvalue weighted by molar-refractivity contribution is 7.84. The van der Waals surface area contributed by atoms with Crippen LogP contribution in [0.1, 0.15) is 45.0 Å². The topological polar surface area (TPSA) is 59.3 Å². The lowest BCUT2D eigenvalue weighted by molar-refractivity contribution is 0.614. The summed E-state index contributed by atoms with van der Waals surface area (Å²) >= 11 is 6.37. The highest BCUT2D eigenvalue weighted by Crippen LogP contribution is 2.30. The molecule has 0 bridgehead atoms. The fraction of sp³-hybridized carbons (Fsp3) is 0.368. The second-order valence-electron chi connectivity index (χ2n) is 7.30. The van der Waals surface area contributed by atoms with Gasteiger partial charge in [0, 0.05) is 23.4 Å². The molecule has 1 N–H and O–H groups in total. The highest BCUT2D eigenvalue weighted by Gasteiger charge is 2.24. The summed E-state index contributed by atoms with van der Waals surface area (Å²) in [6.45, 7) is 9.67. The molecule has 0 saturated heterocycles. The van der Waals surface area contributed by atoms with Crippen molar-refractivity contribution in [3.05, 3.63) is 52.8 Å². The van der Waals surface area contributed by atoms with Gasteiger partial charge in [0.2, 0.25) is 0 Å². The average Bonchev–Trinajstić information content (AvgIpc) is 2.87. The van der Waals surface area contributed by atoms with Crippen molar-refractivity contribution >= 4 is 28.2 Å². The predicted molar refractivity (Wildman–Crippen MR) is 108 cm³/mol. The van der Waals surface area contributed by atoms with Crippen LogP contribution in [-0.2, 0) is 11.0 Å². The van der Waals surface area contributed by atoms with Crippen LogP contribution in [0.3, 0.4) is 0 Å². The molecular weight excluding hydrogens is 368 g/mol. The van der Waals surface area contributed by atoms with Crippen LogP contribution in [0.25, 0.3) is 16.9 Å². The summed E-state index contributed by atoms with van der Waals surface area (Å²) in [5.74, 6) is 0. The van der Waals surface area contributed by atoms with Crippen LogP contribution in [0.5, 0.6) is 0 Å². The first kappa shape index (κ1) is 19.0. The molecule has 0 aliphatic rings. The standard InChI is InChI=1S/C19H23ClN4OS/c1-12(23-26(25)19(3,4)5)15-11-24-18(16(20)13(2)22-24)21-17(15)14-9-7-6-8-10-14/h6-12,23H,1-5H3/t12-,26+/m0/s1. The maximum Gasteiger partial charge on any atom is 0.174 e. The molecule has 0 spiro atoms. The van der Waals surface area contributed by atoms with Crippen molar-refractivity contribution in [2.45, 2.75) is 45.4 Å². The summed E-state index contributed by atoms with van der Waals surface area (Å²) in [6.07, 6.45) is 1.92. The van der Waals surface area contributed by atoms with Gasteiger partial charge < -0.3 is 0 Å². The Hall–Kier alpha value is -1.76. The van der Waals surface area contributed by atoms with E-state index < -0.39 is 11.0 Å². The molecular formula is C19H23ClN4OS. The molecule has 138 valence electrons. The SMILES string of the molecule is Cc1nn2cc([C@H](C)N[S@](=O)C(C)(C)C)c(-c3ccccc3)nc2c1Cl. The second kappa shape index (κ2) is 7.10. The van der Waals surface area contributed by atoms with E-state index in [4.69, 9.17) is 16.6 Å². The molecule has 3 rings (SSSR count). The fourth-order valence-electron chi connectivity index (χ4n) is 2.61. The van der Waals surface area contributed by atoms with Crippen LogP contribution in [0, 0.1) is 6.92 Å². The smallest absolute Gasteiger partial charge is 0.174 e. The van der Waals surface area contributed by atoms with E-state index in [1.54, 1.807) is 4.52 Å². The molecule has 26 heavy (non-hydrogen) atoms. The normalized spacial score (nSPS) is 14.5. The van der Waals surface area contributed by atoms with E-state index in [9.17, 15) is 4.21 Å². The maximum absolute atomic E-state index is 12.6.